The Hall–Kier alpha value is -2.63. The van der Waals surface area contributed by atoms with E-state index in [2.05, 4.69) is 68.0 Å². The van der Waals surface area contributed by atoms with Gasteiger partial charge in [0.25, 0.3) is 0 Å². The molecular weight excluding hydrogens is 360 g/mol. The SMILES string of the molecule is CC1CCN(c2ccc(Nc3nncc(NCCC4=CCCCC4)n3)cc2)CC1. The highest BCUT2D eigenvalue weighted by molar-refractivity contribution is 5.59. The van der Waals surface area contributed by atoms with E-state index in [9.17, 15) is 0 Å². The first-order valence-corrected chi connectivity index (χ1v) is 11.0. The molecule has 0 atom stereocenters. The first-order valence-electron chi connectivity index (χ1n) is 11.0. The number of hydrogen-bond acceptors (Lipinski definition) is 6. The highest BCUT2D eigenvalue weighted by Gasteiger charge is 2.15. The van der Waals surface area contributed by atoms with Crippen molar-refractivity contribution in [1.82, 2.24) is 15.2 Å². The molecule has 2 heterocycles. The largest absolute Gasteiger partial charge is 0.372 e. The summed E-state index contributed by atoms with van der Waals surface area (Å²) in [7, 11) is 0. The third-order valence-electron chi connectivity index (χ3n) is 5.97. The predicted molar refractivity (Wildman–Crippen MR) is 120 cm³/mol. The molecule has 0 saturated carbocycles. The number of hydrogen-bond donors (Lipinski definition) is 2. The van der Waals surface area contributed by atoms with Crippen LogP contribution < -0.4 is 15.5 Å². The number of piperidine rings is 1. The molecule has 1 aliphatic heterocycles. The van der Waals surface area contributed by atoms with E-state index < -0.39 is 0 Å². The van der Waals surface area contributed by atoms with Gasteiger partial charge in [-0.15, -0.1) is 5.10 Å². The number of benzene rings is 1. The summed E-state index contributed by atoms with van der Waals surface area (Å²) >= 11 is 0. The molecule has 0 amide bonds. The fourth-order valence-electron chi connectivity index (χ4n) is 4.08. The zero-order chi connectivity index (χ0) is 19.9. The third kappa shape index (κ3) is 5.68. The molecule has 154 valence electrons. The Balaban J connectivity index is 1.30. The second-order valence-corrected chi connectivity index (χ2v) is 8.29. The van der Waals surface area contributed by atoms with Crippen molar-refractivity contribution in [2.75, 3.05) is 35.2 Å². The Bertz CT molecular complexity index is 808. The average Bonchev–Trinajstić information content (AvgIpc) is 2.76. The third-order valence-corrected chi connectivity index (χ3v) is 5.97. The van der Waals surface area contributed by atoms with E-state index in [0.29, 0.717) is 5.95 Å². The van der Waals surface area contributed by atoms with Crippen molar-refractivity contribution in [2.24, 2.45) is 5.92 Å². The lowest BCUT2D eigenvalue weighted by atomic mass is 9.97. The van der Waals surface area contributed by atoms with Crippen molar-refractivity contribution in [1.29, 1.82) is 0 Å². The number of rotatable bonds is 7. The van der Waals surface area contributed by atoms with Crippen molar-refractivity contribution >= 4 is 23.1 Å². The normalized spacial score (nSPS) is 17.7. The molecular formula is C23H32N6. The number of anilines is 4. The van der Waals surface area contributed by atoms with Gasteiger partial charge in [0, 0.05) is 31.0 Å². The van der Waals surface area contributed by atoms with E-state index in [4.69, 9.17) is 0 Å². The van der Waals surface area contributed by atoms with Crippen molar-refractivity contribution in [2.45, 2.75) is 51.9 Å². The van der Waals surface area contributed by atoms with Crippen molar-refractivity contribution in [3.05, 3.63) is 42.1 Å². The molecule has 1 saturated heterocycles. The fourth-order valence-corrected chi connectivity index (χ4v) is 4.08. The zero-order valence-electron chi connectivity index (χ0n) is 17.4. The molecule has 0 spiro atoms. The first kappa shape index (κ1) is 19.7. The van der Waals surface area contributed by atoms with Gasteiger partial charge in [-0.3, -0.25) is 0 Å². The van der Waals surface area contributed by atoms with Gasteiger partial charge in [0.1, 0.15) is 0 Å². The number of aromatic nitrogens is 3. The molecule has 6 heteroatoms. The Morgan fingerprint density at radius 2 is 1.93 bits per heavy atom. The average molecular weight is 393 g/mol. The van der Waals surface area contributed by atoms with E-state index >= 15 is 0 Å². The van der Waals surface area contributed by atoms with Gasteiger partial charge in [0.05, 0.1) is 6.20 Å². The van der Waals surface area contributed by atoms with Crippen LogP contribution in [0.25, 0.3) is 0 Å². The predicted octanol–water partition coefficient (Wildman–Crippen LogP) is 5.15. The molecule has 2 aliphatic rings. The standard InChI is InChI=1S/C23H32N6/c1-18-12-15-29(16-13-18)21-9-7-20(8-10-21)26-23-27-22(17-25-28-23)24-14-11-19-5-3-2-4-6-19/h5,7-10,17-18H,2-4,6,11-16H2,1H3,(H2,24,26,27,28). The van der Waals surface area contributed by atoms with Gasteiger partial charge >= 0.3 is 0 Å². The maximum atomic E-state index is 4.55. The van der Waals surface area contributed by atoms with E-state index in [-0.39, 0.29) is 0 Å². The van der Waals surface area contributed by atoms with Crippen LogP contribution in [0.1, 0.15) is 51.9 Å². The summed E-state index contributed by atoms with van der Waals surface area (Å²) in [5.41, 5.74) is 3.83. The van der Waals surface area contributed by atoms with Crippen molar-refractivity contribution < 1.29 is 0 Å². The van der Waals surface area contributed by atoms with Crippen molar-refractivity contribution in [3.8, 4) is 0 Å². The van der Waals surface area contributed by atoms with Crippen LogP contribution in [0.15, 0.2) is 42.1 Å². The van der Waals surface area contributed by atoms with Crippen LogP contribution >= 0.6 is 0 Å². The lowest BCUT2D eigenvalue weighted by molar-refractivity contribution is 0.438. The Kier molecular flexibility index (Phi) is 6.60. The van der Waals surface area contributed by atoms with Gasteiger partial charge < -0.3 is 15.5 Å². The summed E-state index contributed by atoms with van der Waals surface area (Å²) in [6.07, 6.45) is 12.8. The second-order valence-electron chi connectivity index (χ2n) is 8.29. The Labute approximate surface area is 173 Å². The summed E-state index contributed by atoms with van der Waals surface area (Å²) in [5, 5.41) is 14.8. The molecule has 1 fully saturated rings. The molecule has 0 unspecified atom stereocenters. The highest BCUT2D eigenvalue weighted by Crippen LogP contribution is 2.25. The number of nitrogens with one attached hydrogen (secondary N) is 2. The van der Waals surface area contributed by atoms with Gasteiger partial charge in [-0.2, -0.15) is 10.1 Å². The van der Waals surface area contributed by atoms with Gasteiger partial charge in [-0.1, -0.05) is 18.6 Å². The fraction of sp³-hybridized carbons (Fsp3) is 0.522. The monoisotopic (exact) mass is 392 g/mol. The Morgan fingerprint density at radius 3 is 2.69 bits per heavy atom. The molecule has 0 bridgehead atoms. The topological polar surface area (TPSA) is 66.0 Å². The summed E-state index contributed by atoms with van der Waals surface area (Å²) in [5.74, 6) is 2.13. The Morgan fingerprint density at radius 1 is 1.10 bits per heavy atom. The van der Waals surface area contributed by atoms with Crippen LogP contribution in [0.2, 0.25) is 0 Å². The molecule has 6 nitrogen and oxygen atoms in total. The number of allylic oxidation sites excluding steroid dienone is 1. The summed E-state index contributed by atoms with van der Waals surface area (Å²) in [6, 6.07) is 8.52. The van der Waals surface area contributed by atoms with Gasteiger partial charge in [-0.25, -0.2) is 0 Å². The molecule has 29 heavy (non-hydrogen) atoms. The summed E-state index contributed by atoms with van der Waals surface area (Å²) < 4.78 is 0. The van der Waals surface area contributed by atoms with Crippen LogP contribution in [-0.4, -0.2) is 34.8 Å². The van der Waals surface area contributed by atoms with Crippen LogP contribution in [0, 0.1) is 5.92 Å². The smallest absolute Gasteiger partial charge is 0.249 e. The molecule has 1 aromatic carbocycles. The van der Waals surface area contributed by atoms with Crippen LogP contribution in [0.4, 0.5) is 23.1 Å². The highest BCUT2D eigenvalue weighted by atomic mass is 15.3. The molecule has 2 aromatic rings. The van der Waals surface area contributed by atoms with E-state index in [1.807, 2.05) is 0 Å². The minimum atomic E-state index is 0.520. The van der Waals surface area contributed by atoms with Crippen LogP contribution in [0.3, 0.4) is 0 Å². The van der Waals surface area contributed by atoms with E-state index in [1.54, 1.807) is 11.8 Å². The summed E-state index contributed by atoms with van der Waals surface area (Å²) in [4.78, 5) is 7.01. The lowest BCUT2D eigenvalue weighted by Gasteiger charge is -2.32. The minimum Gasteiger partial charge on any atom is -0.372 e. The van der Waals surface area contributed by atoms with Crippen molar-refractivity contribution in [3.63, 3.8) is 0 Å². The van der Waals surface area contributed by atoms with E-state index in [1.165, 1.54) is 44.2 Å². The first-order chi connectivity index (χ1) is 14.3. The lowest BCUT2D eigenvalue weighted by Crippen LogP contribution is -2.32. The second kappa shape index (κ2) is 9.72. The maximum Gasteiger partial charge on any atom is 0.249 e. The maximum absolute atomic E-state index is 4.55. The molecule has 1 aromatic heterocycles. The van der Waals surface area contributed by atoms with Gasteiger partial charge in [-0.05, 0) is 75.1 Å². The van der Waals surface area contributed by atoms with Gasteiger partial charge in [0.15, 0.2) is 5.82 Å². The van der Waals surface area contributed by atoms with Crippen LogP contribution in [0.5, 0.6) is 0 Å². The number of nitrogens with zero attached hydrogens (tertiary/aromatic N) is 4. The zero-order valence-corrected chi connectivity index (χ0v) is 17.4. The molecule has 1 aliphatic carbocycles. The minimum absolute atomic E-state index is 0.520. The van der Waals surface area contributed by atoms with E-state index in [0.717, 1.165) is 43.5 Å². The summed E-state index contributed by atoms with van der Waals surface area (Å²) in [6.45, 7) is 5.51. The van der Waals surface area contributed by atoms with Gasteiger partial charge in [0.2, 0.25) is 5.95 Å². The molecule has 2 N–H and O–H groups in total. The quantitative estimate of drug-likeness (QED) is 0.635. The molecule has 0 radical (unpaired) electrons. The molecule has 4 rings (SSSR count). The van der Waals surface area contributed by atoms with Crippen LogP contribution in [-0.2, 0) is 0 Å².